The van der Waals surface area contributed by atoms with E-state index in [-0.39, 0.29) is 6.04 Å². The van der Waals surface area contributed by atoms with Crippen molar-refractivity contribution in [3.63, 3.8) is 0 Å². The van der Waals surface area contributed by atoms with E-state index in [9.17, 15) is 0 Å². The summed E-state index contributed by atoms with van der Waals surface area (Å²) in [5, 5.41) is 3.43. The van der Waals surface area contributed by atoms with Crippen molar-refractivity contribution >= 4 is 15.9 Å². The molecule has 0 saturated carbocycles. The average molecular weight is 344 g/mol. The predicted molar refractivity (Wildman–Crippen MR) is 82.6 cm³/mol. The lowest BCUT2D eigenvalue weighted by molar-refractivity contribution is 0.0543. The Bertz CT molecular complexity index is 447. The van der Waals surface area contributed by atoms with Crippen molar-refractivity contribution in [1.29, 1.82) is 0 Å². The Morgan fingerprint density at radius 2 is 1.95 bits per heavy atom. The topological polar surface area (TPSA) is 39.7 Å². The van der Waals surface area contributed by atoms with E-state index in [1.54, 1.807) is 14.2 Å². The summed E-state index contributed by atoms with van der Waals surface area (Å²) in [5.41, 5.74) is 1.16. The molecule has 5 heteroatoms. The first-order valence-electron chi connectivity index (χ1n) is 6.88. The second-order valence-electron chi connectivity index (χ2n) is 4.92. The first kappa shape index (κ1) is 15.6. The Kier molecular flexibility index (Phi) is 5.69. The van der Waals surface area contributed by atoms with Crippen LogP contribution in [-0.2, 0) is 4.74 Å². The minimum absolute atomic E-state index is 0.260. The van der Waals surface area contributed by atoms with Crippen LogP contribution in [0.3, 0.4) is 0 Å². The van der Waals surface area contributed by atoms with Crippen molar-refractivity contribution in [1.82, 2.24) is 5.32 Å². The molecule has 1 unspecified atom stereocenters. The van der Waals surface area contributed by atoms with Crippen molar-refractivity contribution in [2.45, 2.75) is 18.9 Å². The summed E-state index contributed by atoms with van der Waals surface area (Å²) in [4.78, 5) is 0. The van der Waals surface area contributed by atoms with Crippen molar-refractivity contribution in [3.8, 4) is 11.5 Å². The van der Waals surface area contributed by atoms with E-state index < -0.39 is 0 Å². The van der Waals surface area contributed by atoms with Crippen LogP contribution in [0.25, 0.3) is 0 Å². The highest BCUT2D eigenvalue weighted by atomic mass is 79.9. The lowest BCUT2D eigenvalue weighted by atomic mass is 9.86. The second-order valence-corrected chi connectivity index (χ2v) is 5.71. The quantitative estimate of drug-likeness (QED) is 0.891. The second kappa shape index (κ2) is 7.29. The third kappa shape index (κ3) is 3.10. The molecule has 0 amide bonds. The van der Waals surface area contributed by atoms with E-state index in [4.69, 9.17) is 14.2 Å². The van der Waals surface area contributed by atoms with E-state index >= 15 is 0 Å². The maximum absolute atomic E-state index is 5.59. The highest BCUT2D eigenvalue weighted by Gasteiger charge is 2.28. The zero-order chi connectivity index (χ0) is 14.5. The van der Waals surface area contributed by atoms with Gasteiger partial charge in [-0.1, -0.05) is 0 Å². The fourth-order valence-corrected chi connectivity index (χ4v) is 3.54. The van der Waals surface area contributed by atoms with Gasteiger partial charge in [-0.05, 0) is 53.9 Å². The summed E-state index contributed by atoms with van der Waals surface area (Å²) in [5.74, 6) is 2.19. The molecule has 1 fully saturated rings. The van der Waals surface area contributed by atoms with Gasteiger partial charge in [-0.25, -0.2) is 0 Å². The van der Waals surface area contributed by atoms with Gasteiger partial charge in [0.25, 0.3) is 0 Å². The minimum atomic E-state index is 0.260. The zero-order valence-corrected chi connectivity index (χ0v) is 13.8. The van der Waals surface area contributed by atoms with E-state index in [1.807, 2.05) is 13.1 Å². The molecule has 2 rings (SSSR count). The van der Waals surface area contributed by atoms with E-state index in [2.05, 4.69) is 27.3 Å². The van der Waals surface area contributed by atoms with Crippen molar-refractivity contribution in [2.75, 3.05) is 34.5 Å². The number of rotatable bonds is 5. The van der Waals surface area contributed by atoms with Gasteiger partial charge in [-0.15, -0.1) is 0 Å². The third-order valence-corrected chi connectivity index (χ3v) is 4.65. The van der Waals surface area contributed by atoms with E-state index in [0.29, 0.717) is 5.92 Å². The van der Waals surface area contributed by atoms with Gasteiger partial charge in [0, 0.05) is 24.8 Å². The fraction of sp³-hybridized carbons (Fsp3) is 0.600. The van der Waals surface area contributed by atoms with Crippen molar-refractivity contribution in [3.05, 3.63) is 22.2 Å². The average Bonchev–Trinajstić information content (AvgIpc) is 2.49. The van der Waals surface area contributed by atoms with Crippen LogP contribution in [-0.4, -0.2) is 34.5 Å². The highest BCUT2D eigenvalue weighted by Crippen LogP contribution is 2.42. The molecular weight excluding hydrogens is 322 g/mol. The van der Waals surface area contributed by atoms with Gasteiger partial charge in [0.1, 0.15) is 16.0 Å². The minimum Gasteiger partial charge on any atom is -0.495 e. The van der Waals surface area contributed by atoms with Crippen molar-refractivity contribution < 1.29 is 14.2 Å². The number of methoxy groups -OCH3 is 2. The lowest BCUT2D eigenvalue weighted by Gasteiger charge is -2.31. The lowest BCUT2D eigenvalue weighted by Crippen LogP contribution is -2.30. The smallest absolute Gasteiger partial charge is 0.141 e. The van der Waals surface area contributed by atoms with Crippen LogP contribution in [0, 0.1) is 5.92 Å². The molecule has 1 aliphatic heterocycles. The molecule has 1 aromatic carbocycles. The molecule has 20 heavy (non-hydrogen) atoms. The first-order valence-corrected chi connectivity index (χ1v) is 7.67. The summed E-state index contributed by atoms with van der Waals surface area (Å²) in [7, 11) is 5.35. The van der Waals surface area contributed by atoms with Crippen LogP contribution >= 0.6 is 15.9 Å². The molecule has 0 spiro atoms. The maximum Gasteiger partial charge on any atom is 0.141 e. The summed E-state index contributed by atoms with van der Waals surface area (Å²) < 4.78 is 17.3. The Morgan fingerprint density at radius 1 is 1.25 bits per heavy atom. The van der Waals surface area contributed by atoms with Gasteiger partial charge in [0.05, 0.1) is 14.2 Å². The SMILES string of the molecule is CNC(c1ccc(OC)c(Br)c1OC)C1CCOCC1. The van der Waals surface area contributed by atoms with Gasteiger partial charge < -0.3 is 19.5 Å². The van der Waals surface area contributed by atoms with Crippen LogP contribution in [0.1, 0.15) is 24.4 Å². The monoisotopic (exact) mass is 343 g/mol. The van der Waals surface area contributed by atoms with Crippen LogP contribution in [0.2, 0.25) is 0 Å². The van der Waals surface area contributed by atoms with E-state index in [0.717, 1.165) is 47.6 Å². The molecule has 1 aromatic rings. The Balaban J connectivity index is 2.35. The fourth-order valence-electron chi connectivity index (χ4n) is 2.86. The van der Waals surface area contributed by atoms with Crippen LogP contribution in [0.5, 0.6) is 11.5 Å². The number of benzene rings is 1. The number of hydrogen-bond acceptors (Lipinski definition) is 4. The summed E-state index contributed by atoms with van der Waals surface area (Å²) in [6, 6.07) is 4.32. The molecule has 1 aliphatic rings. The highest BCUT2D eigenvalue weighted by molar-refractivity contribution is 9.10. The maximum atomic E-state index is 5.59. The largest absolute Gasteiger partial charge is 0.495 e. The Morgan fingerprint density at radius 3 is 2.50 bits per heavy atom. The number of halogens is 1. The number of nitrogens with one attached hydrogen (secondary N) is 1. The molecule has 1 heterocycles. The van der Waals surface area contributed by atoms with Crippen LogP contribution in [0.15, 0.2) is 16.6 Å². The predicted octanol–water partition coefficient (Wildman–Crippen LogP) is 3.15. The van der Waals surface area contributed by atoms with Crippen LogP contribution < -0.4 is 14.8 Å². The third-order valence-electron chi connectivity index (χ3n) is 3.90. The molecule has 0 aliphatic carbocycles. The van der Waals surface area contributed by atoms with Gasteiger partial charge in [0.15, 0.2) is 0 Å². The normalized spacial score (nSPS) is 17.8. The molecule has 4 nitrogen and oxygen atoms in total. The van der Waals surface area contributed by atoms with Gasteiger partial charge >= 0.3 is 0 Å². The van der Waals surface area contributed by atoms with E-state index in [1.165, 1.54) is 0 Å². The summed E-state index contributed by atoms with van der Waals surface area (Å²) in [6.07, 6.45) is 2.14. The molecular formula is C15H22BrNO3. The molecule has 0 radical (unpaired) electrons. The zero-order valence-electron chi connectivity index (χ0n) is 12.2. The molecule has 0 aromatic heterocycles. The van der Waals surface area contributed by atoms with Gasteiger partial charge in [0.2, 0.25) is 0 Å². The molecule has 112 valence electrons. The van der Waals surface area contributed by atoms with Crippen LogP contribution in [0.4, 0.5) is 0 Å². The Hall–Kier alpha value is -0.780. The number of ether oxygens (including phenoxy) is 3. The summed E-state index contributed by atoms with van der Waals surface area (Å²) in [6.45, 7) is 1.67. The standard InChI is InChI=1S/C15H22BrNO3/c1-17-14(10-6-8-20-9-7-10)11-4-5-12(18-2)13(16)15(11)19-3/h4-5,10,14,17H,6-9H2,1-3H3. The molecule has 0 bridgehead atoms. The number of hydrogen-bond donors (Lipinski definition) is 1. The van der Waals surface area contributed by atoms with Crippen molar-refractivity contribution in [2.24, 2.45) is 5.92 Å². The summed E-state index contributed by atoms with van der Waals surface area (Å²) >= 11 is 3.57. The Labute approximate surface area is 128 Å². The molecule has 1 saturated heterocycles. The molecule has 1 N–H and O–H groups in total. The van der Waals surface area contributed by atoms with Gasteiger partial charge in [-0.2, -0.15) is 0 Å². The first-order chi connectivity index (χ1) is 9.72. The molecule has 1 atom stereocenters. The van der Waals surface area contributed by atoms with Gasteiger partial charge in [-0.3, -0.25) is 0 Å².